The number of nitrogens with zero attached hydrogens (tertiary/aromatic N) is 3. The largest absolute Gasteiger partial charge is 0.417 e. The molecule has 5 rings (SSSR count). The van der Waals surface area contributed by atoms with Gasteiger partial charge in [0.2, 0.25) is 0 Å². The number of hydrogen-bond donors (Lipinski definition) is 1. The molecule has 0 radical (unpaired) electrons. The van der Waals surface area contributed by atoms with Crippen LogP contribution in [0.4, 0.5) is 19.0 Å². The van der Waals surface area contributed by atoms with E-state index in [0.29, 0.717) is 22.6 Å². The van der Waals surface area contributed by atoms with Crippen LogP contribution in [0.3, 0.4) is 0 Å². The molecule has 0 spiro atoms. The molecule has 2 aromatic carbocycles. The second-order valence-electron chi connectivity index (χ2n) is 8.82. The predicted molar refractivity (Wildman–Crippen MR) is 128 cm³/mol. The number of nitrogen functional groups attached to an aromatic ring is 1. The first-order valence-corrected chi connectivity index (χ1v) is 11.3. The van der Waals surface area contributed by atoms with Crippen molar-refractivity contribution in [1.29, 1.82) is 0 Å². The van der Waals surface area contributed by atoms with Gasteiger partial charge in [0, 0.05) is 17.1 Å². The summed E-state index contributed by atoms with van der Waals surface area (Å²) in [6, 6.07) is 17.2. The Balaban J connectivity index is 1.53. The van der Waals surface area contributed by atoms with Crippen LogP contribution in [0.15, 0.2) is 66.9 Å². The van der Waals surface area contributed by atoms with Crippen LogP contribution in [-0.2, 0) is 19.1 Å². The molecule has 178 valence electrons. The lowest BCUT2D eigenvalue weighted by atomic mass is 10.0. The minimum Gasteiger partial charge on any atom is -0.383 e. The van der Waals surface area contributed by atoms with Crippen LogP contribution in [0.1, 0.15) is 50.8 Å². The molecule has 35 heavy (non-hydrogen) atoms. The van der Waals surface area contributed by atoms with Gasteiger partial charge in [-0.25, -0.2) is 4.98 Å². The number of rotatable bonds is 4. The summed E-state index contributed by atoms with van der Waals surface area (Å²) < 4.78 is 39.0. The minimum atomic E-state index is -4.47. The van der Waals surface area contributed by atoms with Crippen molar-refractivity contribution >= 4 is 22.6 Å². The van der Waals surface area contributed by atoms with Gasteiger partial charge in [-0.3, -0.25) is 9.78 Å². The third kappa shape index (κ3) is 4.43. The number of carbonyl (C=O) groups excluding carboxylic acids is 1. The lowest BCUT2D eigenvalue weighted by Crippen LogP contribution is -2.34. The zero-order chi connectivity index (χ0) is 24.7. The maximum atomic E-state index is 13.8. The van der Waals surface area contributed by atoms with Crippen molar-refractivity contribution in [2.75, 3.05) is 5.73 Å². The average molecular weight is 477 g/mol. The number of anilines is 1. The topological polar surface area (TPSA) is 72.1 Å². The first-order valence-electron chi connectivity index (χ1n) is 11.3. The fourth-order valence-electron chi connectivity index (χ4n) is 4.64. The Bertz CT molecular complexity index is 1420. The number of aromatic nitrogens is 2. The van der Waals surface area contributed by atoms with Gasteiger partial charge in [-0.15, -0.1) is 0 Å². The molecule has 0 fully saturated rings. The van der Waals surface area contributed by atoms with Gasteiger partial charge in [0.05, 0.1) is 29.4 Å². The van der Waals surface area contributed by atoms with Crippen LogP contribution in [0.25, 0.3) is 10.9 Å². The maximum Gasteiger partial charge on any atom is 0.417 e. The summed E-state index contributed by atoms with van der Waals surface area (Å²) >= 11 is 0. The van der Waals surface area contributed by atoms with Crippen molar-refractivity contribution in [2.24, 2.45) is 0 Å². The first kappa shape index (κ1) is 22.8. The van der Waals surface area contributed by atoms with Crippen molar-refractivity contribution in [3.8, 4) is 0 Å². The van der Waals surface area contributed by atoms with Crippen LogP contribution >= 0.6 is 0 Å². The summed E-state index contributed by atoms with van der Waals surface area (Å²) in [5.41, 5.74) is 9.69. The van der Waals surface area contributed by atoms with E-state index < -0.39 is 11.7 Å². The van der Waals surface area contributed by atoms with Gasteiger partial charge in [-0.2, -0.15) is 13.2 Å². The number of benzene rings is 2. The van der Waals surface area contributed by atoms with Crippen molar-refractivity contribution in [2.45, 2.75) is 38.5 Å². The molecule has 1 aliphatic carbocycles. The van der Waals surface area contributed by atoms with Gasteiger partial charge >= 0.3 is 6.18 Å². The second kappa shape index (κ2) is 8.69. The third-order valence-corrected chi connectivity index (χ3v) is 6.51. The van der Waals surface area contributed by atoms with E-state index in [1.165, 1.54) is 11.6 Å². The van der Waals surface area contributed by atoms with Gasteiger partial charge in [-0.05, 0) is 72.9 Å². The Morgan fingerprint density at radius 1 is 1.11 bits per heavy atom. The zero-order valence-electron chi connectivity index (χ0n) is 19.0. The summed E-state index contributed by atoms with van der Waals surface area (Å²) in [6.07, 6.45) is -2.09. The highest BCUT2D eigenvalue weighted by Gasteiger charge is 2.33. The fourth-order valence-corrected chi connectivity index (χ4v) is 4.64. The number of halogens is 3. The van der Waals surface area contributed by atoms with Gasteiger partial charge in [0.15, 0.2) is 0 Å². The Labute approximate surface area is 200 Å². The average Bonchev–Trinajstić information content (AvgIpc) is 3.26. The van der Waals surface area contributed by atoms with E-state index in [0.717, 1.165) is 41.6 Å². The Morgan fingerprint density at radius 3 is 2.66 bits per heavy atom. The number of nitrogens with two attached hydrogens (primary N) is 1. The van der Waals surface area contributed by atoms with Gasteiger partial charge in [0.1, 0.15) is 5.82 Å². The molecule has 5 nitrogen and oxygen atoms in total. The lowest BCUT2D eigenvalue weighted by Gasteiger charge is -2.30. The van der Waals surface area contributed by atoms with Crippen LogP contribution in [0.2, 0.25) is 0 Å². The molecule has 2 heterocycles. The minimum absolute atomic E-state index is 0.0903. The standard InChI is InChI=1S/C27H23F3N4O/c1-16-12-19-13-18(6-10-23(19)33-25(16)31)26(35)34(24-11-7-17-4-2-3-5-22(17)24)15-21-9-8-20(14-32-21)27(28,29)30/h2-6,8-10,12-14,24H,7,11,15H2,1H3,(H2,31,33)/t24-/m1/s1. The van der Waals surface area contributed by atoms with Crippen LogP contribution in [0, 0.1) is 6.92 Å². The summed E-state index contributed by atoms with van der Waals surface area (Å²) in [6.45, 7) is 1.95. The van der Waals surface area contributed by atoms with Crippen molar-refractivity contribution in [3.63, 3.8) is 0 Å². The number of amides is 1. The lowest BCUT2D eigenvalue weighted by molar-refractivity contribution is -0.137. The monoisotopic (exact) mass is 476 g/mol. The summed E-state index contributed by atoms with van der Waals surface area (Å²) in [7, 11) is 0. The van der Waals surface area contributed by atoms with E-state index >= 15 is 0 Å². The SMILES string of the molecule is Cc1cc2cc(C(=O)N(Cc3ccc(C(F)(F)F)cn3)[C@@H]3CCc4ccccc43)ccc2nc1N. The molecule has 0 bridgehead atoms. The van der Waals surface area contributed by atoms with Gasteiger partial charge < -0.3 is 10.6 Å². The number of hydrogen-bond acceptors (Lipinski definition) is 4. The highest BCUT2D eigenvalue weighted by molar-refractivity contribution is 5.98. The Morgan fingerprint density at radius 2 is 1.91 bits per heavy atom. The van der Waals surface area contributed by atoms with Crippen molar-refractivity contribution in [1.82, 2.24) is 14.9 Å². The molecule has 4 aromatic rings. The van der Waals surface area contributed by atoms with E-state index in [-0.39, 0.29) is 18.5 Å². The molecular formula is C27H23F3N4O. The molecule has 8 heteroatoms. The van der Waals surface area contributed by atoms with E-state index in [9.17, 15) is 18.0 Å². The molecule has 0 unspecified atom stereocenters. The van der Waals surface area contributed by atoms with Crippen molar-refractivity contribution < 1.29 is 18.0 Å². The van der Waals surface area contributed by atoms with Gasteiger partial charge in [0.25, 0.3) is 5.91 Å². The first-order chi connectivity index (χ1) is 16.7. The Hall–Kier alpha value is -3.94. The fraction of sp³-hybridized carbons (Fsp3) is 0.222. The molecule has 0 saturated carbocycles. The molecule has 0 aliphatic heterocycles. The van der Waals surface area contributed by atoms with Crippen LogP contribution in [0.5, 0.6) is 0 Å². The van der Waals surface area contributed by atoms with Crippen LogP contribution in [-0.4, -0.2) is 20.8 Å². The molecule has 2 N–H and O–H groups in total. The van der Waals surface area contributed by atoms with E-state index in [4.69, 9.17) is 5.73 Å². The highest BCUT2D eigenvalue weighted by Crippen LogP contribution is 2.37. The predicted octanol–water partition coefficient (Wildman–Crippen LogP) is 5.87. The molecule has 1 aliphatic rings. The Kier molecular flexibility index (Phi) is 5.67. The molecule has 1 atom stereocenters. The number of aryl methyl sites for hydroxylation is 2. The van der Waals surface area contributed by atoms with Crippen LogP contribution < -0.4 is 5.73 Å². The summed E-state index contributed by atoms with van der Waals surface area (Å²) in [4.78, 5) is 23.9. The van der Waals surface area contributed by atoms with E-state index in [1.54, 1.807) is 23.1 Å². The second-order valence-corrected chi connectivity index (χ2v) is 8.82. The number of fused-ring (bicyclic) bond motifs is 2. The maximum absolute atomic E-state index is 13.8. The summed E-state index contributed by atoms with van der Waals surface area (Å²) in [5.74, 6) is 0.221. The molecule has 0 saturated heterocycles. The zero-order valence-corrected chi connectivity index (χ0v) is 19.0. The quantitative estimate of drug-likeness (QED) is 0.400. The molecular weight excluding hydrogens is 453 g/mol. The van der Waals surface area contributed by atoms with Crippen molar-refractivity contribution in [3.05, 3.63) is 100 Å². The van der Waals surface area contributed by atoms with E-state index in [1.807, 2.05) is 37.3 Å². The van der Waals surface area contributed by atoms with Gasteiger partial charge in [-0.1, -0.05) is 24.3 Å². The summed E-state index contributed by atoms with van der Waals surface area (Å²) in [5, 5.41) is 0.793. The smallest absolute Gasteiger partial charge is 0.383 e. The number of alkyl halides is 3. The number of carbonyl (C=O) groups is 1. The highest BCUT2D eigenvalue weighted by atomic mass is 19.4. The van der Waals surface area contributed by atoms with E-state index in [2.05, 4.69) is 9.97 Å². The molecule has 1 amide bonds. The third-order valence-electron chi connectivity index (χ3n) is 6.51. The molecule has 2 aromatic heterocycles. The normalized spacial score (nSPS) is 15.3. The number of pyridine rings is 2.